The predicted octanol–water partition coefficient (Wildman–Crippen LogP) is 8.17. The van der Waals surface area contributed by atoms with E-state index in [2.05, 4.69) is 139 Å². The maximum absolute atomic E-state index is 7.38. The first kappa shape index (κ1) is 32.4. The molecule has 0 N–H and O–H groups in total. The van der Waals surface area contributed by atoms with Gasteiger partial charge in [-0.2, -0.15) is 0 Å². The summed E-state index contributed by atoms with van der Waals surface area (Å²) < 4.78 is 15.6. The number of aromatic nitrogens is 1. The van der Waals surface area contributed by atoms with Crippen LogP contribution in [0.1, 0.15) is 51.0 Å². The van der Waals surface area contributed by atoms with Gasteiger partial charge in [-0.1, -0.05) is 0 Å². The van der Waals surface area contributed by atoms with Gasteiger partial charge in [0.05, 0.1) is 0 Å². The number of allylic oxidation sites excluding steroid dienone is 5. The SMILES string of the molecule is C=CCCN1c2ccccc2SC1(C)OC1=C(C=Cc2[se]c3ccccc3[n+]2CC)CCCC1=CC=C1[Se]c2ccccc2N1CC. The van der Waals surface area contributed by atoms with E-state index in [1.807, 2.05) is 17.8 Å². The molecule has 0 amide bonds. The predicted molar refractivity (Wildman–Crippen MR) is 202 cm³/mol. The topological polar surface area (TPSA) is 19.6 Å². The molecule has 7 rings (SSSR count). The number of ether oxygens (including phenoxy) is 1. The van der Waals surface area contributed by atoms with E-state index in [1.165, 1.54) is 50.8 Å². The summed E-state index contributed by atoms with van der Waals surface area (Å²) in [7, 11) is 0. The molecule has 4 nitrogen and oxygen atoms in total. The molecule has 1 aliphatic carbocycles. The fourth-order valence-corrected chi connectivity index (χ4v) is 12.8. The van der Waals surface area contributed by atoms with E-state index in [-0.39, 0.29) is 0 Å². The van der Waals surface area contributed by atoms with Crippen molar-refractivity contribution in [3.63, 3.8) is 0 Å². The van der Waals surface area contributed by atoms with Crippen molar-refractivity contribution in [1.29, 1.82) is 0 Å². The van der Waals surface area contributed by atoms with E-state index in [1.54, 1.807) is 0 Å². The van der Waals surface area contributed by atoms with Gasteiger partial charge in [0.2, 0.25) is 0 Å². The number of hydrogen-bond donors (Lipinski definition) is 0. The van der Waals surface area contributed by atoms with Crippen molar-refractivity contribution < 1.29 is 9.30 Å². The summed E-state index contributed by atoms with van der Waals surface area (Å²) in [5, 5.41) is -0.566. The number of para-hydroxylation sites is 3. The van der Waals surface area contributed by atoms with Gasteiger partial charge < -0.3 is 0 Å². The van der Waals surface area contributed by atoms with Gasteiger partial charge in [-0.15, -0.1) is 0 Å². The Morgan fingerprint density at radius 3 is 2.57 bits per heavy atom. The van der Waals surface area contributed by atoms with E-state index in [9.17, 15) is 0 Å². The van der Waals surface area contributed by atoms with Crippen LogP contribution in [0.15, 0.2) is 130 Å². The molecule has 240 valence electrons. The molecule has 4 aromatic rings. The molecule has 0 bridgehead atoms. The Balaban J connectivity index is 1.30. The third kappa shape index (κ3) is 6.37. The Morgan fingerprint density at radius 1 is 0.957 bits per heavy atom. The Hall–Kier alpha value is -3.18. The fourth-order valence-electron chi connectivity index (χ4n) is 6.76. The standard InChI is InChI=1S/C40H42N3OSSe2/c1-5-8-28-43-31-18-9-12-21-34(31)45-40(43,4)44-39-29(24-26-37-41(6-2)32-19-10-13-22-35(32)46-37)16-15-17-30(39)25-27-38-42(7-3)33-20-11-14-23-36(33)47-38/h5,9-14,18-27H,1,6-8,15-17,28H2,2-4H3/q+1. The van der Waals surface area contributed by atoms with Crippen LogP contribution in [-0.4, -0.2) is 47.6 Å². The second-order valence-corrected chi connectivity index (χ2v) is 17.9. The maximum atomic E-state index is 7.38. The molecule has 1 unspecified atom stereocenters. The minimum absolute atomic E-state index is 0.294. The Bertz CT molecular complexity index is 1940. The monoisotopic (exact) mass is 772 g/mol. The van der Waals surface area contributed by atoms with Crippen molar-refractivity contribution >= 4 is 72.9 Å². The second-order valence-electron chi connectivity index (χ2n) is 12.0. The number of benzene rings is 3. The fraction of sp³-hybridized carbons (Fsp3) is 0.275. The summed E-state index contributed by atoms with van der Waals surface area (Å²) in [5.41, 5.74) is 6.56. The summed E-state index contributed by atoms with van der Waals surface area (Å²) in [6.45, 7) is 13.6. The Kier molecular flexibility index (Phi) is 9.73. The van der Waals surface area contributed by atoms with E-state index >= 15 is 0 Å². The van der Waals surface area contributed by atoms with Crippen LogP contribution in [0.25, 0.3) is 15.9 Å². The second kappa shape index (κ2) is 14.1. The normalized spacial score (nSPS) is 21.0. The van der Waals surface area contributed by atoms with Gasteiger partial charge in [0, 0.05) is 0 Å². The van der Waals surface area contributed by atoms with Crippen molar-refractivity contribution in [3.8, 4) is 0 Å². The molecule has 3 aromatic carbocycles. The van der Waals surface area contributed by atoms with Crippen LogP contribution < -0.4 is 18.8 Å². The van der Waals surface area contributed by atoms with Crippen LogP contribution in [0, 0.1) is 0 Å². The molecule has 3 heterocycles. The average Bonchev–Trinajstić information content (AvgIpc) is 3.73. The van der Waals surface area contributed by atoms with Gasteiger partial charge in [-0.05, 0) is 0 Å². The Labute approximate surface area is 296 Å². The van der Waals surface area contributed by atoms with Crippen LogP contribution in [0.4, 0.5) is 11.4 Å². The van der Waals surface area contributed by atoms with Gasteiger partial charge in [-0.3, -0.25) is 0 Å². The molecule has 0 spiro atoms. The van der Waals surface area contributed by atoms with Crippen molar-refractivity contribution in [2.75, 3.05) is 22.9 Å². The first-order valence-electron chi connectivity index (χ1n) is 16.7. The zero-order valence-corrected chi connectivity index (χ0v) is 31.7. The van der Waals surface area contributed by atoms with Gasteiger partial charge in [0.15, 0.2) is 0 Å². The van der Waals surface area contributed by atoms with E-state index in [0.717, 1.165) is 51.1 Å². The molecule has 47 heavy (non-hydrogen) atoms. The van der Waals surface area contributed by atoms with Crippen LogP contribution in [-0.2, 0) is 11.3 Å². The van der Waals surface area contributed by atoms with Gasteiger partial charge in [0.25, 0.3) is 0 Å². The molecular weight excluding hydrogens is 728 g/mol. The van der Waals surface area contributed by atoms with Crippen molar-refractivity contribution in [3.05, 3.63) is 130 Å². The van der Waals surface area contributed by atoms with Gasteiger partial charge >= 0.3 is 298 Å². The summed E-state index contributed by atoms with van der Waals surface area (Å²) in [6.07, 6.45) is 15.6. The molecule has 7 heteroatoms. The number of aryl methyl sites for hydroxylation is 1. The summed E-state index contributed by atoms with van der Waals surface area (Å²) in [5.74, 6) is 1.05. The van der Waals surface area contributed by atoms with E-state index < -0.39 is 5.06 Å². The summed E-state index contributed by atoms with van der Waals surface area (Å²) in [4.78, 5) is 6.19. The number of thioether (sulfide) groups is 1. The summed E-state index contributed by atoms with van der Waals surface area (Å²) in [6, 6.07) is 26.5. The van der Waals surface area contributed by atoms with Crippen LogP contribution in [0.2, 0.25) is 0 Å². The first-order valence-corrected chi connectivity index (χ1v) is 20.9. The molecule has 1 aromatic heterocycles. The molecule has 0 fully saturated rings. The van der Waals surface area contributed by atoms with Crippen molar-refractivity contribution in [1.82, 2.24) is 0 Å². The number of rotatable bonds is 10. The van der Waals surface area contributed by atoms with Gasteiger partial charge in [-0.25, -0.2) is 0 Å². The molecule has 0 saturated heterocycles. The average molecular weight is 771 g/mol. The van der Waals surface area contributed by atoms with Crippen molar-refractivity contribution in [2.45, 2.75) is 63.0 Å². The minimum atomic E-state index is -0.566. The quantitative estimate of drug-likeness (QED) is 0.0922. The van der Waals surface area contributed by atoms with E-state index in [4.69, 9.17) is 4.74 Å². The van der Waals surface area contributed by atoms with Crippen molar-refractivity contribution in [2.24, 2.45) is 0 Å². The molecule has 1 atom stereocenters. The Morgan fingerprint density at radius 2 is 1.74 bits per heavy atom. The number of hydrogen-bond acceptors (Lipinski definition) is 4. The van der Waals surface area contributed by atoms with Crippen LogP contribution in [0.3, 0.4) is 0 Å². The number of fused-ring (bicyclic) bond motifs is 3. The first-order chi connectivity index (χ1) is 23.0. The van der Waals surface area contributed by atoms with Crippen LogP contribution in [0.5, 0.6) is 0 Å². The third-order valence-electron chi connectivity index (χ3n) is 9.03. The van der Waals surface area contributed by atoms with E-state index in [0.29, 0.717) is 29.5 Å². The molecule has 0 saturated carbocycles. The molecule has 3 aliphatic rings. The summed E-state index contributed by atoms with van der Waals surface area (Å²) >= 11 is 2.41. The molecule has 0 radical (unpaired) electrons. The number of nitrogens with zero attached hydrogens (tertiary/aromatic N) is 3. The molecular formula is C40H42N3OSSe2+. The third-order valence-corrected chi connectivity index (χ3v) is 15.0. The number of anilines is 2. The zero-order chi connectivity index (χ0) is 32.4. The molecule has 2 aliphatic heterocycles. The zero-order valence-electron chi connectivity index (χ0n) is 27.4. The van der Waals surface area contributed by atoms with Crippen LogP contribution >= 0.6 is 11.8 Å². The van der Waals surface area contributed by atoms with Gasteiger partial charge in [0.1, 0.15) is 0 Å².